The number of carbonyl (C=O) groups excluding carboxylic acids is 2. The minimum absolute atomic E-state index is 0.0309. The Hall–Kier alpha value is -4.16. The Morgan fingerprint density at radius 1 is 1.34 bits per heavy atom. The lowest BCUT2D eigenvalue weighted by molar-refractivity contribution is -0.117. The van der Waals surface area contributed by atoms with E-state index in [0.29, 0.717) is 23.7 Å². The number of amides is 2. The van der Waals surface area contributed by atoms with Crippen molar-refractivity contribution >= 4 is 34.8 Å². The number of aromatic nitrogens is 6. The van der Waals surface area contributed by atoms with Crippen LogP contribution in [0, 0.1) is 5.92 Å². The van der Waals surface area contributed by atoms with Gasteiger partial charge in [-0.2, -0.15) is 0 Å². The van der Waals surface area contributed by atoms with E-state index in [1.165, 1.54) is 12.3 Å². The second kappa shape index (κ2) is 7.51. The van der Waals surface area contributed by atoms with Gasteiger partial charge in [-0.15, -0.1) is 15.3 Å². The van der Waals surface area contributed by atoms with E-state index in [9.17, 15) is 14.0 Å². The highest BCUT2D eigenvalue weighted by molar-refractivity contribution is 6.00. The first-order valence-corrected chi connectivity index (χ1v) is 9.63. The minimum atomic E-state index is -2.76. The first-order valence-electron chi connectivity index (χ1n) is 11.1. The van der Waals surface area contributed by atoms with E-state index in [-0.39, 0.29) is 23.6 Å². The molecule has 5 rings (SSSR count). The molecule has 3 aromatic rings. The predicted molar refractivity (Wildman–Crippen MR) is 112 cm³/mol. The number of hydrogen-bond donors (Lipinski definition) is 3. The second-order valence-corrected chi connectivity index (χ2v) is 7.44. The maximum absolute atomic E-state index is 13.3. The lowest BCUT2D eigenvalue weighted by Crippen LogP contribution is -2.27. The van der Waals surface area contributed by atoms with Gasteiger partial charge >= 0.3 is 0 Å². The summed E-state index contributed by atoms with van der Waals surface area (Å²) in [4.78, 5) is 31.1. The molecule has 164 valence electrons. The number of hydrogen-bond acceptors (Lipinski definition) is 9. The maximum atomic E-state index is 13.3. The molecule has 1 saturated carbocycles. The number of nitrogens with one attached hydrogen (secondary N) is 3. The normalized spacial score (nSPS) is 20.2. The van der Waals surface area contributed by atoms with Crippen LogP contribution in [0.1, 0.15) is 26.7 Å². The minimum Gasteiger partial charge on any atom is -0.364 e. The van der Waals surface area contributed by atoms with Crippen molar-refractivity contribution in [3.8, 4) is 5.69 Å². The van der Waals surface area contributed by atoms with Gasteiger partial charge in [-0.1, -0.05) is 5.21 Å². The van der Waals surface area contributed by atoms with Gasteiger partial charge < -0.3 is 20.9 Å². The van der Waals surface area contributed by atoms with Gasteiger partial charge in [0.15, 0.2) is 17.3 Å². The number of fused-ring (bicyclic) bond motifs is 3. The van der Waals surface area contributed by atoms with Crippen LogP contribution < -0.4 is 20.9 Å². The van der Waals surface area contributed by atoms with Crippen molar-refractivity contribution in [3.05, 3.63) is 35.9 Å². The number of anilines is 4. The van der Waals surface area contributed by atoms with Crippen LogP contribution in [-0.2, 0) is 11.3 Å². The summed E-state index contributed by atoms with van der Waals surface area (Å²) >= 11 is 0. The van der Waals surface area contributed by atoms with E-state index in [1.54, 1.807) is 16.9 Å². The van der Waals surface area contributed by atoms with Crippen LogP contribution in [0.2, 0.25) is 0 Å². The Kier molecular flexibility index (Phi) is 3.88. The quantitative estimate of drug-likeness (QED) is 0.524. The molecular weight excluding hydrogens is 419 g/mol. The number of nitrogens with zero attached hydrogens (tertiary/aromatic N) is 7. The van der Waals surface area contributed by atoms with E-state index in [0.717, 1.165) is 5.69 Å². The molecule has 0 saturated heterocycles. The number of rotatable bonds is 5. The molecule has 13 heteroatoms. The number of halogens is 1. The van der Waals surface area contributed by atoms with E-state index in [1.807, 2.05) is 17.3 Å². The number of pyridine rings is 1. The summed E-state index contributed by atoms with van der Waals surface area (Å²) in [6.07, 6.45) is 2.09. The van der Waals surface area contributed by atoms with Crippen molar-refractivity contribution in [2.75, 3.05) is 29.6 Å². The van der Waals surface area contributed by atoms with Crippen LogP contribution >= 0.6 is 0 Å². The van der Waals surface area contributed by atoms with Gasteiger partial charge in [0.25, 0.3) is 5.91 Å². The molecule has 1 fully saturated rings. The summed E-state index contributed by atoms with van der Waals surface area (Å²) in [5.74, 6) is -2.07. The van der Waals surface area contributed by atoms with Gasteiger partial charge in [-0.05, 0) is 12.5 Å². The lowest BCUT2D eigenvalue weighted by Gasteiger charge is -2.29. The van der Waals surface area contributed by atoms with Crippen molar-refractivity contribution in [1.29, 1.82) is 0 Å². The van der Waals surface area contributed by atoms with Crippen LogP contribution in [0.3, 0.4) is 0 Å². The van der Waals surface area contributed by atoms with Crippen molar-refractivity contribution < 1.29 is 18.1 Å². The molecule has 2 aliphatic rings. The molecule has 0 aromatic carbocycles. The molecule has 0 spiro atoms. The number of alkyl halides is 1. The SMILES string of the molecule is [2H]C([2H])([2H])NC(=O)c1nnc(NC(=O)[C@H]2C[C@@H]2F)cc1Nc1nccc2c1N(C)Cc1cnnn1-2. The molecule has 2 amide bonds. The van der Waals surface area contributed by atoms with Crippen LogP contribution in [-0.4, -0.2) is 62.2 Å². The fourth-order valence-electron chi connectivity index (χ4n) is 3.53. The zero-order valence-corrected chi connectivity index (χ0v) is 16.7. The third-order valence-electron chi connectivity index (χ3n) is 5.21. The van der Waals surface area contributed by atoms with Gasteiger partial charge in [0.05, 0.1) is 35.7 Å². The average molecular weight is 441 g/mol. The van der Waals surface area contributed by atoms with Crippen molar-refractivity contribution in [3.63, 3.8) is 0 Å². The van der Waals surface area contributed by atoms with Crippen molar-refractivity contribution in [1.82, 2.24) is 35.5 Å². The van der Waals surface area contributed by atoms with Gasteiger partial charge in [0.2, 0.25) is 5.91 Å². The lowest BCUT2D eigenvalue weighted by atomic mass is 10.2. The highest BCUT2D eigenvalue weighted by Gasteiger charge is 2.43. The van der Waals surface area contributed by atoms with Gasteiger partial charge in [-0.25, -0.2) is 14.1 Å². The molecular formula is C19H19FN10O2. The molecule has 3 aromatic heterocycles. The molecule has 1 aliphatic carbocycles. The summed E-state index contributed by atoms with van der Waals surface area (Å²) in [5.41, 5.74) is 1.86. The first kappa shape index (κ1) is 16.5. The second-order valence-electron chi connectivity index (χ2n) is 7.44. The van der Waals surface area contributed by atoms with Gasteiger partial charge in [0.1, 0.15) is 11.9 Å². The Balaban J connectivity index is 1.53. The third kappa shape index (κ3) is 3.36. The highest BCUT2D eigenvalue weighted by Crippen LogP contribution is 2.37. The summed E-state index contributed by atoms with van der Waals surface area (Å²) in [5, 5.41) is 23.0. The summed E-state index contributed by atoms with van der Waals surface area (Å²) < 4.78 is 36.9. The standard InChI is InChI=1S/C19H19FN10O2/c1-21-19(32)15-12(6-14(26-27-15)25-18(31)10-5-11(10)20)24-17-16-13(3-4-22-17)30-9(7-23-28-30)8-29(16)2/h3-4,6-7,10-11H,5,8H2,1-2H3,(H,21,32)(H2,22,24,25,26,31)/t10-,11-/m0/s1/i1D3. The molecule has 0 unspecified atom stereocenters. The summed E-state index contributed by atoms with van der Waals surface area (Å²) in [7, 11) is 1.84. The monoisotopic (exact) mass is 441 g/mol. The number of carbonyl (C=O) groups is 2. The fraction of sp³-hybridized carbons (Fsp3) is 0.316. The van der Waals surface area contributed by atoms with Crippen molar-refractivity contribution in [2.24, 2.45) is 5.92 Å². The predicted octanol–water partition coefficient (Wildman–Crippen LogP) is 0.802. The highest BCUT2D eigenvalue weighted by atomic mass is 19.1. The molecule has 3 N–H and O–H groups in total. The fourth-order valence-corrected chi connectivity index (χ4v) is 3.53. The van der Waals surface area contributed by atoms with Gasteiger partial charge in [0, 0.05) is 30.4 Å². The van der Waals surface area contributed by atoms with Crippen LogP contribution in [0.5, 0.6) is 0 Å². The van der Waals surface area contributed by atoms with Crippen LogP contribution in [0.4, 0.5) is 27.4 Å². The zero-order chi connectivity index (χ0) is 24.9. The Labute approximate surface area is 185 Å². The van der Waals surface area contributed by atoms with Crippen LogP contribution in [0.15, 0.2) is 24.5 Å². The van der Waals surface area contributed by atoms with Crippen molar-refractivity contribution in [2.45, 2.75) is 19.1 Å². The molecule has 12 nitrogen and oxygen atoms in total. The molecule has 0 radical (unpaired) electrons. The summed E-state index contributed by atoms with van der Waals surface area (Å²) in [6, 6.07) is 3.05. The third-order valence-corrected chi connectivity index (χ3v) is 5.21. The maximum Gasteiger partial charge on any atom is 0.273 e. The zero-order valence-electron chi connectivity index (χ0n) is 19.7. The first-order chi connectivity index (χ1) is 16.6. The molecule has 4 heterocycles. The van der Waals surface area contributed by atoms with E-state index < -0.39 is 30.9 Å². The Morgan fingerprint density at radius 3 is 2.97 bits per heavy atom. The Bertz CT molecular complexity index is 1330. The largest absolute Gasteiger partial charge is 0.364 e. The average Bonchev–Trinajstić information content (AvgIpc) is 3.32. The molecule has 32 heavy (non-hydrogen) atoms. The van der Waals surface area contributed by atoms with E-state index >= 15 is 0 Å². The van der Waals surface area contributed by atoms with E-state index in [4.69, 9.17) is 4.11 Å². The Morgan fingerprint density at radius 2 is 2.19 bits per heavy atom. The molecule has 2 atom stereocenters. The van der Waals surface area contributed by atoms with Gasteiger partial charge in [-0.3, -0.25) is 9.59 Å². The topological polar surface area (TPSA) is 143 Å². The molecule has 1 aliphatic heterocycles. The summed E-state index contributed by atoms with van der Waals surface area (Å²) in [6.45, 7) is -2.28. The smallest absolute Gasteiger partial charge is 0.273 e. The molecule has 0 bridgehead atoms. The van der Waals surface area contributed by atoms with Crippen LogP contribution in [0.25, 0.3) is 5.69 Å². The van der Waals surface area contributed by atoms with E-state index in [2.05, 4.69) is 36.1 Å².